The number of benzene rings is 3. The number of aromatic nitrogens is 1. The van der Waals surface area contributed by atoms with Gasteiger partial charge in [-0.05, 0) is 82.1 Å². The minimum atomic E-state index is -2.98. The van der Waals surface area contributed by atoms with E-state index in [1.54, 1.807) is 0 Å². The van der Waals surface area contributed by atoms with Gasteiger partial charge in [0, 0.05) is 52.2 Å². The van der Waals surface area contributed by atoms with E-state index in [0.717, 1.165) is 11.1 Å². The molecule has 4 aliphatic rings. The van der Waals surface area contributed by atoms with Crippen LogP contribution in [0.2, 0.25) is 18.1 Å². The average molecular weight is 836 g/mol. The third-order valence-corrected chi connectivity index (χ3v) is 18.3. The molecule has 1 aliphatic heterocycles. The van der Waals surface area contributed by atoms with Crippen LogP contribution < -0.4 is 9.47 Å². The van der Waals surface area contributed by atoms with E-state index in [1.807, 2.05) is 99.7 Å². The highest BCUT2D eigenvalue weighted by molar-refractivity contribution is 6.74. The number of ketones is 2. The van der Waals surface area contributed by atoms with Crippen LogP contribution in [0.4, 0.5) is 4.39 Å². The molecular weight excluding hydrogens is 778 g/mol. The molecule has 3 aliphatic carbocycles. The Morgan fingerprint density at radius 3 is 2.03 bits per heavy atom. The molecular formula is C48H58FN3O7Si. The Balaban J connectivity index is 1.35. The minimum Gasteiger partial charge on any atom is -0.507 e. The number of aliphatic hydroxyl groups excluding tert-OH is 1. The molecule has 3 aromatic carbocycles. The van der Waals surface area contributed by atoms with Crippen molar-refractivity contribution in [1.29, 1.82) is 0 Å². The Bertz CT molecular complexity index is 2400. The van der Waals surface area contributed by atoms with Gasteiger partial charge in [-0.1, -0.05) is 88.4 Å². The molecule has 2 heterocycles. The van der Waals surface area contributed by atoms with Crippen LogP contribution in [0.5, 0.6) is 11.6 Å². The lowest BCUT2D eigenvalue weighted by Crippen LogP contribution is -2.69. The molecule has 10 nitrogen and oxygen atoms in total. The molecule has 0 unspecified atom stereocenters. The highest BCUT2D eigenvalue weighted by Crippen LogP contribution is 2.63. The van der Waals surface area contributed by atoms with E-state index in [1.165, 1.54) is 0 Å². The van der Waals surface area contributed by atoms with Crippen LogP contribution in [0.1, 0.15) is 110 Å². The number of halogens is 1. The highest BCUT2D eigenvalue weighted by atomic mass is 28.4. The number of carbonyl (C=O) groups is 2. The molecule has 8 rings (SSSR count). The molecule has 1 fully saturated rings. The number of hydrogen-bond acceptors (Lipinski definition) is 10. The van der Waals surface area contributed by atoms with Gasteiger partial charge in [0.25, 0.3) is 5.88 Å². The van der Waals surface area contributed by atoms with Crippen molar-refractivity contribution in [3.63, 3.8) is 0 Å². The fourth-order valence-corrected chi connectivity index (χ4v) is 11.1. The molecule has 0 radical (unpaired) electrons. The Morgan fingerprint density at radius 2 is 1.47 bits per heavy atom. The standard InChI is InChI=1S/C48H58FN3O7Si/c1-45(2,3)52-24-31-32(25-52)40(56-26-28-18-14-12-15-19-28)34-30(37(31)49)22-47(7)23-33-38(51(8)9)41-35(44(50-58-41)57-27-29-20-16-13-17-21-29)42(54)48(33,43(55)36(47)39(34)53)59-60(10,11)46(4,5)6/h12-21,33,38,53H,22-27H2,1-11H3/t33-,38-,47-,48+/m0/s1. The zero-order valence-electron chi connectivity index (χ0n) is 36.8. The zero-order valence-corrected chi connectivity index (χ0v) is 37.8. The van der Waals surface area contributed by atoms with Gasteiger partial charge in [0.05, 0.1) is 11.6 Å². The summed E-state index contributed by atoms with van der Waals surface area (Å²) in [6, 6.07) is 18.5. The first-order valence-corrected chi connectivity index (χ1v) is 23.9. The van der Waals surface area contributed by atoms with Crippen LogP contribution in [0.25, 0.3) is 5.76 Å². The Kier molecular flexibility index (Phi) is 10.2. The summed E-state index contributed by atoms with van der Waals surface area (Å²) in [6.07, 6.45) is 0.297. The van der Waals surface area contributed by atoms with Gasteiger partial charge in [-0.2, -0.15) is 0 Å². The van der Waals surface area contributed by atoms with E-state index in [4.69, 9.17) is 18.4 Å². The maximum atomic E-state index is 17.4. The van der Waals surface area contributed by atoms with Crippen LogP contribution in [-0.2, 0) is 41.9 Å². The van der Waals surface area contributed by atoms with Gasteiger partial charge in [-0.3, -0.25) is 19.4 Å². The molecule has 318 valence electrons. The number of rotatable bonds is 9. The topological polar surface area (TPSA) is 115 Å². The van der Waals surface area contributed by atoms with Crippen molar-refractivity contribution in [2.75, 3.05) is 14.1 Å². The largest absolute Gasteiger partial charge is 0.507 e. The molecule has 0 saturated heterocycles. The van der Waals surface area contributed by atoms with E-state index in [0.29, 0.717) is 41.3 Å². The van der Waals surface area contributed by atoms with Crippen molar-refractivity contribution in [3.8, 4) is 11.6 Å². The van der Waals surface area contributed by atoms with Crippen LogP contribution in [0, 0.1) is 17.2 Å². The maximum Gasteiger partial charge on any atom is 0.265 e. The number of fused-ring (bicyclic) bond motifs is 5. The predicted molar refractivity (Wildman–Crippen MR) is 230 cm³/mol. The van der Waals surface area contributed by atoms with Crippen LogP contribution >= 0.6 is 0 Å². The van der Waals surface area contributed by atoms with Gasteiger partial charge in [-0.25, -0.2) is 4.39 Å². The molecule has 0 bridgehead atoms. The number of ether oxygens (including phenoxy) is 2. The molecule has 4 aromatic rings. The van der Waals surface area contributed by atoms with Crippen molar-refractivity contribution >= 4 is 25.6 Å². The van der Waals surface area contributed by atoms with E-state index in [2.05, 4.69) is 51.6 Å². The second kappa shape index (κ2) is 14.5. The fourth-order valence-electron chi connectivity index (χ4n) is 9.64. The number of carbonyl (C=O) groups excluding carboxylic acids is 2. The molecule has 0 amide bonds. The Labute approximate surface area is 353 Å². The average Bonchev–Trinajstić information content (AvgIpc) is 3.82. The van der Waals surface area contributed by atoms with E-state index in [9.17, 15) is 5.11 Å². The third-order valence-electron chi connectivity index (χ3n) is 13.9. The maximum absolute atomic E-state index is 17.4. The SMILES string of the molecule is CN(C)[C@@H]1c2onc(OCc3ccccc3)c2C(=O)[C@@]2(O[Si](C)(C)C(C)(C)C)C(=O)C3=C(O)c4c(c(F)c5c(c4OCc4ccccc4)CN(C(C)(C)C)C5)C[C@@]3(C)C[C@@H]12. The van der Waals surface area contributed by atoms with Crippen LogP contribution in [0.3, 0.4) is 0 Å². The quantitative estimate of drug-likeness (QED) is 0.129. The number of nitrogens with zero attached hydrogens (tertiary/aromatic N) is 3. The minimum absolute atomic E-state index is 0.0201. The molecule has 1 N–H and O–H groups in total. The molecule has 12 heteroatoms. The normalized spacial score (nSPS) is 24.2. The number of hydrogen-bond donors (Lipinski definition) is 1. The lowest BCUT2D eigenvalue weighted by atomic mass is 9.52. The Morgan fingerprint density at radius 1 is 0.883 bits per heavy atom. The van der Waals surface area contributed by atoms with Gasteiger partial charge in [-0.15, -0.1) is 0 Å². The van der Waals surface area contributed by atoms with Crippen molar-refractivity contribution in [2.24, 2.45) is 11.3 Å². The first kappa shape index (κ1) is 42.1. The highest BCUT2D eigenvalue weighted by Gasteiger charge is 2.71. The summed E-state index contributed by atoms with van der Waals surface area (Å²) in [6.45, 7) is 19.5. The summed E-state index contributed by atoms with van der Waals surface area (Å²) in [5, 5.41) is 16.8. The van der Waals surface area contributed by atoms with Gasteiger partial charge < -0.3 is 23.5 Å². The van der Waals surface area contributed by atoms with Crippen LogP contribution in [0.15, 0.2) is 70.8 Å². The molecule has 4 atom stereocenters. The lowest BCUT2D eigenvalue weighted by molar-refractivity contribution is -0.143. The van der Waals surface area contributed by atoms with Crippen molar-refractivity contribution < 1.29 is 37.5 Å². The summed E-state index contributed by atoms with van der Waals surface area (Å²) in [4.78, 5) is 36.0. The van der Waals surface area contributed by atoms with Gasteiger partial charge in [0.15, 0.2) is 19.7 Å². The summed E-state index contributed by atoms with van der Waals surface area (Å²) in [7, 11) is 0.773. The Hall–Kier alpha value is -4.62. The van der Waals surface area contributed by atoms with E-state index < -0.39 is 53.7 Å². The molecule has 1 saturated carbocycles. The van der Waals surface area contributed by atoms with Gasteiger partial charge in [0.2, 0.25) is 11.6 Å². The lowest BCUT2D eigenvalue weighted by Gasteiger charge is -2.57. The monoisotopic (exact) mass is 835 g/mol. The molecule has 60 heavy (non-hydrogen) atoms. The first-order chi connectivity index (χ1) is 28.1. The van der Waals surface area contributed by atoms with Crippen molar-refractivity contribution in [1.82, 2.24) is 15.0 Å². The third kappa shape index (κ3) is 6.56. The predicted octanol–water partition coefficient (Wildman–Crippen LogP) is 9.77. The van der Waals surface area contributed by atoms with Crippen molar-refractivity contribution in [2.45, 2.75) is 123 Å². The van der Waals surface area contributed by atoms with Crippen molar-refractivity contribution in [3.05, 3.63) is 117 Å². The summed E-state index contributed by atoms with van der Waals surface area (Å²) < 4.78 is 43.6. The fraction of sp³-hybridized carbons (Fsp3) is 0.479. The second-order valence-corrected chi connectivity index (χ2v) is 24.9. The van der Waals surface area contributed by atoms with Gasteiger partial charge >= 0.3 is 0 Å². The first-order valence-electron chi connectivity index (χ1n) is 20.9. The smallest absolute Gasteiger partial charge is 0.265 e. The van der Waals surface area contributed by atoms with Gasteiger partial charge in [0.1, 0.15) is 36.1 Å². The molecule has 1 aromatic heterocycles. The second-order valence-electron chi connectivity index (χ2n) is 20.2. The number of Topliss-reactive ketones (excluding diaryl/α,β-unsaturated/α-hetero) is 2. The van der Waals surface area contributed by atoms with Crippen LogP contribution in [-0.4, -0.2) is 65.2 Å². The summed E-state index contributed by atoms with van der Waals surface area (Å²) in [5.74, 6) is -2.16. The van der Waals surface area contributed by atoms with E-state index >= 15 is 14.0 Å². The summed E-state index contributed by atoms with van der Waals surface area (Å²) >= 11 is 0. The number of aliphatic hydroxyl groups is 1. The zero-order chi connectivity index (χ0) is 43.3. The van der Waals surface area contributed by atoms with E-state index in [-0.39, 0.29) is 59.9 Å². The molecule has 0 spiro atoms. The summed E-state index contributed by atoms with van der Waals surface area (Å²) in [5.41, 5.74) is 0.0633.